The molecule has 1 aliphatic heterocycles. The van der Waals surface area contributed by atoms with Gasteiger partial charge in [-0.25, -0.2) is 0 Å². The summed E-state index contributed by atoms with van der Waals surface area (Å²) in [4.78, 5) is 3.42. The van der Waals surface area contributed by atoms with Gasteiger partial charge in [-0.3, -0.25) is 0 Å². The third-order valence-electron chi connectivity index (χ3n) is 5.45. The lowest BCUT2D eigenvalue weighted by atomic mass is 9.82. The van der Waals surface area contributed by atoms with Crippen molar-refractivity contribution in [1.82, 2.24) is 4.98 Å². The van der Waals surface area contributed by atoms with Crippen molar-refractivity contribution in [1.29, 1.82) is 0 Å². The van der Waals surface area contributed by atoms with Crippen LogP contribution >= 0.6 is 11.6 Å². The number of hydrogen-bond donors (Lipinski definition) is 1. The van der Waals surface area contributed by atoms with E-state index in [2.05, 4.69) is 24.2 Å². The number of benzene rings is 1. The molecule has 1 aliphatic carbocycles. The summed E-state index contributed by atoms with van der Waals surface area (Å²) in [7, 11) is 0. The SMILES string of the molecule is Cc1c(Cl)ccc2[nH]cc([C@@H]3CCC[C@H](OC[C@@H]4CCO4)C3)c12. The van der Waals surface area contributed by atoms with Gasteiger partial charge < -0.3 is 14.5 Å². The van der Waals surface area contributed by atoms with Gasteiger partial charge in [0.05, 0.1) is 18.8 Å². The second-order valence-corrected chi connectivity index (χ2v) is 7.35. The van der Waals surface area contributed by atoms with Crippen LogP contribution in [0.3, 0.4) is 0 Å². The molecular formula is C19H24ClNO2. The Morgan fingerprint density at radius 3 is 2.96 bits per heavy atom. The molecule has 1 aromatic carbocycles. The van der Waals surface area contributed by atoms with Crippen molar-refractivity contribution in [3.63, 3.8) is 0 Å². The predicted molar refractivity (Wildman–Crippen MR) is 93.4 cm³/mol. The van der Waals surface area contributed by atoms with Gasteiger partial charge in [0.25, 0.3) is 0 Å². The van der Waals surface area contributed by atoms with Crippen LogP contribution < -0.4 is 0 Å². The molecule has 3 nitrogen and oxygen atoms in total. The second-order valence-electron chi connectivity index (χ2n) is 6.94. The molecule has 0 spiro atoms. The maximum atomic E-state index is 6.34. The molecule has 1 N–H and O–H groups in total. The largest absolute Gasteiger partial charge is 0.376 e. The fraction of sp³-hybridized carbons (Fsp3) is 0.579. The highest BCUT2D eigenvalue weighted by atomic mass is 35.5. The van der Waals surface area contributed by atoms with Crippen molar-refractivity contribution in [3.8, 4) is 0 Å². The zero-order chi connectivity index (χ0) is 15.8. The zero-order valence-electron chi connectivity index (χ0n) is 13.6. The summed E-state index contributed by atoms with van der Waals surface area (Å²) in [5, 5.41) is 2.16. The Balaban J connectivity index is 1.51. The summed E-state index contributed by atoms with van der Waals surface area (Å²) in [6.45, 7) is 3.78. The van der Waals surface area contributed by atoms with E-state index in [1.165, 1.54) is 41.3 Å². The number of ether oxygens (including phenoxy) is 2. The molecule has 0 amide bonds. The topological polar surface area (TPSA) is 34.2 Å². The van der Waals surface area contributed by atoms with Gasteiger partial charge in [0.1, 0.15) is 0 Å². The molecular weight excluding hydrogens is 310 g/mol. The summed E-state index contributed by atoms with van der Waals surface area (Å²) in [5.74, 6) is 0.557. The number of H-pyrrole nitrogens is 1. The number of aromatic amines is 1. The Bertz CT molecular complexity index is 692. The molecule has 1 saturated carbocycles. The van der Waals surface area contributed by atoms with Gasteiger partial charge in [-0.2, -0.15) is 0 Å². The number of fused-ring (bicyclic) bond motifs is 1. The molecule has 2 heterocycles. The van der Waals surface area contributed by atoms with Crippen LogP contribution in [0.2, 0.25) is 5.02 Å². The zero-order valence-corrected chi connectivity index (χ0v) is 14.4. The Morgan fingerprint density at radius 1 is 1.30 bits per heavy atom. The third kappa shape index (κ3) is 3.02. The summed E-state index contributed by atoms with van der Waals surface area (Å²) < 4.78 is 11.6. The molecule has 0 radical (unpaired) electrons. The Labute approximate surface area is 142 Å². The van der Waals surface area contributed by atoms with Crippen molar-refractivity contribution in [3.05, 3.63) is 34.5 Å². The minimum absolute atomic E-state index is 0.338. The standard InChI is InChI=1S/C19H24ClNO2/c1-12-17(20)5-6-18-19(12)16(10-21-18)13-3-2-4-14(9-13)23-11-15-7-8-22-15/h5-6,10,13-15,21H,2-4,7-9,11H2,1H3/t13-,14+,15+/m1/s1. The molecule has 4 heteroatoms. The number of aryl methyl sites for hydroxylation is 1. The third-order valence-corrected chi connectivity index (χ3v) is 5.86. The maximum Gasteiger partial charge on any atom is 0.0830 e. The van der Waals surface area contributed by atoms with Crippen LogP contribution in [0.25, 0.3) is 10.9 Å². The number of halogens is 1. The highest BCUT2D eigenvalue weighted by Gasteiger charge is 2.28. The molecule has 2 aromatic rings. The van der Waals surface area contributed by atoms with Crippen molar-refractivity contribution in [2.45, 2.75) is 57.2 Å². The quantitative estimate of drug-likeness (QED) is 0.858. The highest BCUT2D eigenvalue weighted by molar-refractivity contribution is 6.32. The first-order chi connectivity index (χ1) is 11.2. The van der Waals surface area contributed by atoms with Gasteiger partial charge >= 0.3 is 0 Å². The number of hydrogen-bond acceptors (Lipinski definition) is 2. The minimum Gasteiger partial charge on any atom is -0.376 e. The van der Waals surface area contributed by atoms with Crippen molar-refractivity contribution < 1.29 is 9.47 Å². The van der Waals surface area contributed by atoms with Crippen molar-refractivity contribution in [2.24, 2.45) is 0 Å². The van der Waals surface area contributed by atoms with Crippen LogP contribution in [0.5, 0.6) is 0 Å². The molecule has 2 aliphatic rings. The lowest BCUT2D eigenvalue weighted by Crippen LogP contribution is -2.34. The van der Waals surface area contributed by atoms with Crippen LogP contribution in [0, 0.1) is 6.92 Å². The van der Waals surface area contributed by atoms with E-state index < -0.39 is 0 Å². The van der Waals surface area contributed by atoms with E-state index in [0.29, 0.717) is 18.1 Å². The lowest BCUT2D eigenvalue weighted by molar-refractivity contribution is -0.114. The van der Waals surface area contributed by atoms with Crippen LogP contribution in [-0.4, -0.2) is 30.4 Å². The molecule has 3 atom stereocenters. The van der Waals surface area contributed by atoms with Crippen molar-refractivity contribution >= 4 is 22.5 Å². The summed E-state index contributed by atoms with van der Waals surface area (Å²) in [6, 6.07) is 4.06. The molecule has 23 heavy (non-hydrogen) atoms. The Kier molecular flexibility index (Phi) is 4.35. The van der Waals surface area contributed by atoms with E-state index in [1.54, 1.807) is 0 Å². The summed E-state index contributed by atoms with van der Waals surface area (Å²) in [6.07, 6.45) is 8.77. The van der Waals surface area contributed by atoms with Gasteiger partial charge in [0.2, 0.25) is 0 Å². The first kappa shape index (κ1) is 15.5. The summed E-state index contributed by atoms with van der Waals surface area (Å²) in [5.41, 5.74) is 3.78. The average molecular weight is 334 g/mol. The van der Waals surface area contributed by atoms with Crippen molar-refractivity contribution in [2.75, 3.05) is 13.2 Å². The molecule has 4 rings (SSSR count). The fourth-order valence-corrected chi connectivity index (χ4v) is 4.12. The first-order valence-electron chi connectivity index (χ1n) is 8.71. The minimum atomic E-state index is 0.338. The van der Waals surface area contributed by atoms with E-state index in [0.717, 1.165) is 31.1 Å². The van der Waals surface area contributed by atoms with E-state index in [9.17, 15) is 0 Å². The van der Waals surface area contributed by atoms with Gasteiger partial charge in [-0.05, 0) is 61.8 Å². The predicted octanol–water partition coefficient (Wildman–Crippen LogP) is 4.96. The van der Waals surface area contributed by atoms with Gasteiger partial charge in [-0.1, -0.05) is 18.0 Å². The van der Waals surface area contributed by atoms with E-state index in [1.807, 2.05) is 6.07 Å². The van der Waals surface area contributed by atoms with Crippen LogP contribution in [0.15, 0.2) is 18.3 Å². The molecule has 1 aromatic heterocycles. The van der Waals surface area contributed by atoms with Crippen LogP contribution in [0.4, 0.5) is 0 Å². The van der Waals surface area contributed by atoms with Crippen LogP contribution in [0.1, 0.15) is 49.1 Å². The maximum absolute atomic E-state index is 6.34. The van der Waals surface area contributed by atoms with E-state index in [-0.39, 0.29) is 0 Å². The number of rotatable bonds is 4. The van der Waals surface area contributed by atoms with E-state index >= 15 is 0 Å². The number of nitrogens with one attached hydrogen (secondary N) is 1. The monoisotopic (exact) mass is 333 g/mol. The highest BCUT2D eigenvalue weighted by Crippen LogP contribution is 2.39. The normalized spacial score (nSPS) is 28.0. The Hall–Kier alpha value is -1.03. The van der Waals surface area contributed by atoms with Gasteiger partial charge in [0.15, 0.2) is 0 Å². The molecule has 0 bridgehead atoms. The smallest absolute Gasteiger partial charge is 0.0830 e. The molecule has 2 fully saturated rings. The van der Waals surface area contributed by atoms with Gasteiger partial charge in [0, 0.05) is 28.7 Å². The molecule has 0 unspecified atom stereocenters. The second kappa shape index (κ2) is 6.46. The van der Waals surface area contributed by atoms with E-state index in [4.69, 9.17) is 21.1 Å². The van der Waals surface area contributed by atoms with Gasteiger partial charge in [-0.15, -0.1) is 0 Å². The Morgan fingerprint density at radius 2 is 2.17 bits per heavy atom. The molecule has 124 valence electrons. The molecule has 1 saturated heterocycles. The fourth-order valence-electron chi connectivity index (χ4n) is 3.97. The first-order valence-corrected chi connectivity index (χ1v) is 9.09. The average Bonchev–Trinajstić information content (AvgIpc) is 2.94. The van der Waals surface area contributed by atoms with Crippen LogP contribution in [-0.2, 0) is 9.47 Å². The summed E-state index contributed by atoms with van der Waals surface area (Å²) >= 11 is 6.34. The lowest BCUT2D eigenvalue weighted by Gasteiger charge is -2.32. The number of aromatic nitrogens is 1.